The highest BCUT2D eigenvalue weighted by molar-refractivity contribution is 7.17. The van der Waals surface area contributed by atoms with Crippen LogP contribution >= 0.6 is 11.3 Å². The number of hydrogen-bond donors (Lipinski definition) is 1. The number of nitrogens with one attached hydrogen (secondary N) is 1. The minimum Gasteiger partial charge on any atom is -0.378 e. The van der Waals surface area contributed by atoms with Crippen LogP contribution in [-0.4, -0.2) is 37.2 Å². The molecule has 4 rings (SSSR count). The summed E-state index contributed by atoms with van der Waals surface area (Å²) in [5.41, 5.74) is 0.173. The van der Waals surface area contributed by atoms with Crippen molar-refractivity contribution in [3.8, 4) is 10.6 Å². The average Bonchev–Trinajstić information content (AvgIpc) is 3.16. The Balaban J connectivity index is 1.60. The van der Waals surface area contributed by atoms with Gasteiger partial charge in [0.1, 0.15) is 15.7 Å². The summed E-state index contributed by atoms with van der Waals surface area (Å²) in [6.45, 7) is 3.48. The zero-order valence-corrected chi connectivity index (χ0v) is 17.8. The highest BCUT2D eigenvalue weighted by atomic mass is 32.1. The topological polar surface area (TPSA) is 54.5 Å². The van der Waals surface area contributed by atoms with Crippen molar-refractivity contribution < 1.29 is 27.1 Å². The summed E-state index contributed by atoms with van der Waals surface area (Å²) >= 11 is 1.04. The first kappa shape index (κ1) is 22.2. The molecule has 0 aliphatic carbocycles. The van der Waals surface area contributed by atoms with Crippen molar-refractivity contribution >= 4 is 28.6 Å². The Kier molecular flexibility index (Phi) is 6.16. The van der Waals surface area contributed by atoms with Crippen LogP contribution in [0.3, 0.4) is 0 Å². The van der Waals surface area contributed by atoms with Gasteiger partial charge in [-0.15, -0.1) is 11.3 Å². The Labute approximate surface area is 185 Å². The summed E-state index contributed by atoms with van der Waals surface area (Å²) in [5.74, 6) is -1.09. The molecule has 0 bridgehead atoms. The first-order valence-corrected chi connectivity index (χ1v) is 10.6. The van der Waals surface area contributed by atoms with Crippen LogP contribution < -0.4 is 10.2 Å². The van der Waals surface area contributed by atoms with E-state index in [1.165, 1.54) is 30.3 Å². The molecule has 0 spiro atoms. The van der Waals surface area contributed by atoms with Gasteiger partial charge in [0.05, 0.1) is 30.2 Å². The van der Waals surface area contributed by atoms with E-state index in [4.69, 9.17) is 4.74 Å². The lowest BCUT2D eigenvalue weighted by Gasteiger charge is -2.29. The Morgan fingerprint density at radius 1 is 1.12 bits per heavy atom. The Morgan fingerprint density at radius 3 is 2.47 bits per heavy atom. The van der Waals surface area contributed by atoms with Crippen LogP contribution in [0, 0.1) is 12.7 Å². The molecule has 1 amide bonds. The number of rotatable bonds is 4. The molecule has 32 heavy (non-hydrogen) atoms. The van der Waals surface area contributed by atoms with Gasteiger partial charge in [0, 0.05) is 24.3 Å². The number of hydrogen-bond acceptors (Lipinski definition) is 5. The summed E-state index contributed by atoms with van der Waals surface area (Å²) in [6, 6.07) is 9.48. The van der Waals surface area contributed by atoms with Crippen LogP contribution in [0.1, 0.15) is 20.9 Å². The Hall–Kier alpha value is -2.98. The molecule has 2 heterocycles. The van der Waals surface area contributed by atoms with E-state index in [9.17, 15) is 22.4 Å². The van der Waals surface area contributed by atoms with Gasteiger partial charge in [0.25, 0.3) is 5.91 Å². The fourth-order valence-corrected chi connectivity index (χ4v) is 4.36. The summed E-state index contributed by atoms with van der Waals surface area (Å²) in [5, 5.41) is 2.86. The molecule has 0 atom stereocenters. The molecule has 1 saturated heterocycles. The Morgan fingerprint density at radius 2 is 1.81 bits per heavy atom. The zero-order valence-electron chi connectivity index (χ0n) is 17.0. The molecule has 0 saturated carbocycles. The number of aryl methyl sites for hydroxylation is 1. The molecule has 1 aliphatic rings. The van der Waals surface area contributed by atoms with Crippen LogP contribution in [0.2, 0.25) is 0 Å². The predicted octanol–water partition coefficient (Wildman–Crippen LogP) is 5.37. The lowest BCUT2D eigenvalue weighted by Crippen LogP contribution is -2.36. The maximum absolute atomic E-state index is 13.8. The fourth-order valence-electron chi connectivity index (χ4n) is 3.40. The first-order chi connectivity index (χ1) is 15.2. The standard InChI is InChI=1S/C22H19F4N3O2S/c1-13-19(32-21(27-13)14-2-4-15(23)5-3-14)20(30)28-18-7-6-16(12-17(18)22(24,25)26)29-8-10-31-11-9-29/h2-7,12H,8-11H2,1H3,(H,28,30). The maximum Gasteiger partial charge on any atom is 0.418 e. The molecule has 1 N–H and O–H groups in total. The highest BCUT2D eigenvalue weighted by Crippen LogP contribution is 2.38. The van der Waals surface area contributed by atoms with Gasteiger partial charge < -0.3 is 15.0 Å². The molecule has 1 fully saturated rings. The van der Waals surface area contributed by atoms with Crippen LogP contribution in [0.4, 0.5) is 28.9 Å². The number of thiazole rings is 1. The van der Waals surface area contributed by atoms with Crippen LogP contribution in [-0.2, 0) is 10.9 Å². The van der Waals surface area contributed by atoms with Crippen LogP contribution in [0.5, 0.6) is 0 Å². The van der Waals surface area contributed by atoms with E-state index >= 15 is 0 Å². The lowest BCUT2D eigenvalue weighted by molar-refractivity contribution is -0.136. The summed E-state index contributed by atoms with van der Waals surface area (Å²) in [6.07, 6.45) is -4.65. The van der Waals surface area contributed by atoms with E-state index in [1.54, 1.807) is 13.0 Å². The van der Waals surface area contributed by atoms with Gasteiger partial charge in [0.2, 0.25) is 0 Å². The third-order valence-corrected chi connectivity index (χ3v) is 6.23. The Bertz CT molecular complexity index is 1120. The molecule has 0 radical (unpaired) electrons. The molecule has 10 heteroatoms. The van der Waals surface area contributed by atoms with E-state index in [1.807, 2.05) is 4.90 Å². The molecule has 5 nitrogen and oxygen atoms in total. The number of anilines is 2. The molecule has 3 aromatic rings. The number of morpholine rings is 1. The number of nitrogens with zero attached hydrogens (tertiary/aromatic N) is 2. The number of ether oxygens (including phenoxy) is 1. The highest BCUT2D eigenvalue weighted by Gasteiger charge is 2.35. The first-order valence-electron chi connectivity index (χ1n) is 9.81. The third kappa shape index (κ3) is 4.76. The van der Waals surface area contributed by atoms with Crippen LogP contribution in [0.15, 0.2) is 42.5 Å². The van der Waals surface area contributed by atoms with Crippen molar-refractivity contribution in [1.82, 2.24) is 4.98 Å². The van der Waals surface area contributed by atoms with Crippen molar-refractivity contribution in [3.63, 3.8) is 0 Å². The predicted molar refractivity (Wildman–Crippen MR) is 115 cm³/mol. The van der Waals surface area contributed by atoms with Gasteiger partial charge in [-0.1, -0.05) is 0 Å². The maximum atomic E-state index is 13.8. The minimum absolute atomic E-state index is 0.190. The smallest absolute Gasteiger partial charge is 0.378 e. The van der Waals surface area contributed by atoms with Gasteiger partial charge in [0.15, 0.2) is 0 Å². The van der Waals surface area contributed by atoms with E-state index in [0.29, 0.717) is 48.3 Å². The molecular weight excluding hydrogens is 446 g/mol. The van der Waals surface area contributed by atoms with Crippen molar-refractivity contribution in [2.24, 2.45) is 0 Å². The number of alkyl halides is 3. The second kappa shape index (κ2) is 8.87. The largest absolute Gasteiger partial charge is 0.418 e. The van der Waals surface area contributed by atoms with Crippen molar-refractivity contribution in [1.29, 1.82) is 0 Å². The van der Waals surface area contributed by atoms with Crippen LogP contribution in [0.25, 0.3) is 10.6 Å². The fraction of sp³-hybridized carbons (Fsp3) is 0.273. The van der Waals surface area contributed by atoms with E-state index < -0.39 is 23.5 Å². The molecule has 0 unspecified atom stereocenters. The molecule has 168 valence electrons. The number of benzene rings is 2. The average molecular weight is 465 g/mol. The monoisotopic (exact) mass is 465 g/mol. The summed E-state index contributed by atoms with van der Waals surface area (Å²) in [7, 11) is 0. The third-order valence-electron chi connectivity index (χ3n) is 5.03. The van der Waals surface area contributed by atoms with Crippen molar-refractivity contribution in [2.45, 2.75) is 13.1 Å². The van der Waals surface area contributed by atoms with E-state index in [-0.39, 0.29) is 10.6 Å². The normalized spacial score (nSPS) is 14.5. The quantitative estimate of drug-likeness (QED) is 0.527. The zero-order chi connectivity index (χ0) is 22.9. The second-order valence-electron chi connectivity index (χ2n) is 7.22. The van der Waals surface area contributed by atoms with Gasteiger partial charge in [-0.2, -0.15) is 13.2 Å². The van der Waals surface area contributed by atoms with E-state index in [0.717, 1.165) is 17.4 Å². The van der Waals surface area contributed by atoms with Gasteiger partial charge in [-0.05, 0) is 49.4 Å². The summed E-state index contributed by atoms with van der Waals surface area (Å²) < 4.78 is 59.7. The lowest BCUT2D eigenvalue weighted by atomic mass is 10.1. The van der Waals surface area contributed by atoms with Gasteiger partial charge in [-0.25, -0.2) is 9.37 Å². The minimum atomic E-state index is -4.65. The number of carbonyl (C=O) groups excluding carboxylic acids is 1. The van der Waals surface area contributed by atoms with E-state index in [2.05, 4.69) is 10.3 Å². The SMILES string of the molecule is Cc1nc(-c2ccc(F)cc2)sc1C(=O)Nc1ccc(N2CCOCC2)cc1C(F)(F)F. The molecular formula is C22H19F4N3O2S. The van der Waals surface area contributed by atoms with Crippen molar-refractivity contribution in [2.75, 3.05) is 36.5 Å². The number of halogens is 4. The molecule has 1 aromatic heterocycles. The number of aromatic nitrogens is 1. The molecule has 2 aromatic carbocycles. The van der Waals surface area contributed by atoms with Gasteiger partial charge in [-0.3, -0.25) is 4.79 Å². The number of carbonyl (C=O) groups is 1. The van der Waals surface area contributed by atoms with Crippen molar-refractivity contribution in [3.05, 3.63) is 64.4 Å². The molecule has 1 aliphatic heterocycles. The summed E-state index contributed by atoms with van der Waals surface area (Å²) in [4.78, 5) is 19.1. The number of amides is 1. The second-order valence-corrected chi connectivity index (χ2v) is 8.22. The van der Waals surface area contributed by atoms with Gasteiger partial charge >= 0.3 is 6.18 Å².